The van der Waals surface area contributed by atoms with Crippen LogP contribution >= 0.6 is 0 Å². The number of carboxylic acid groups (broad SMARTS) is 1. The number of furan rings is 1. The first-order valence-electron chi connectivity index (χ1n) is 8.04. The number of carboxylic acids is 1. The van der Waals surface area contributed by atoms with Crippen LogP contribution in [0.5, 0.6) is 0 Å². The topological polar surface area (TPSA) is 94.8 Å². The molecule has 2 atom stereocenters. The highest BCUT2D eigenvalue weighted by molar-refractivity contribution is 6.03. The summed E-state index contributed by atoms with van der Waals surface area (Å²) in [5.74, 6) is -1.60. The molecule has 1 saturated heterocycles. The molecule has 1 aliphatic heterocycles. The highest BCUT2D eigenvalue weighted by atomic mass is 16.5. The number of amides is 1. The zero-order valence-corrected chi connectivity index (χ0v) is 14.0. The summed E-state index contributed by atoms with van der Waals surface area (Å²) in [6.45, 7) is 5.06. The van der Waals surface area contributed by atoms with Gasteiger partial charge in [-0.15, -0.1) is 0 Å². The minimum absolute atomic E-state index is 0.00307. The summed E-state index contributed by atoms with van der Waals surface area (Å²) in [5, 5.41) is 14.2. The van der Waals surface area contributed by atoms with Crippen molar-refractivity contribution in [3.63, 3.8) is 0 Å². The number of anilines is 2. The summed E-state index contributed by atoms with van der Waals surface area (Å²) in [7, 11) is 0. The molecule has 0 radical (unpaired) electrons. The number of rotatable bonds is 4. The maximum atomic E-state index is 12.0. The molecule has 1 N–H and O–H groups in total. The van der Waals surface area contributed by atoms with E-state index in [2.05, 4.69) is 5.32 Å². The van der Waals surface area contributed by atoms with E-state index in [4.69, 9.17) is 9.15 Å². The van der Waals surface area contributed by atoms with Gasteiger partial charge in [-0.05, 0) is 44.2 Å². The Bertz CT molecular complexity index is 762. The maximum absolute atomic E-state index is 12.0. The minimum Gasteiger partial charge on any atom is -0.545 e. The third kappa shape index (κ3) is 3.83. The molecule has 25 heavy (non-hydrogen) atoms. The van der Waals surface area contributed by atoms with Crippen LogP contribution in [0.4, 0.5) is 11.4 Å². The van der Waals surface area contributed by atoms with E-state index in [1.54, 1.807) is 18.2 Å². The molecule has 0 spiro atoms. The Balaban J connectivity index is 1.85. The number of ether oxygens (including phenoxy) is 1. The zero-order chi connectivity index (χ0) is 18.0. The van der Waals surface area contributed by atoms with Crippen LogP contribution in [-0.2, 0) is 4.74 Å². The molecule has 0 saturated carbocycles. The van der Waals surface area contributed by atoms with Crippen LogP contribution in [0.2, 0.25) is 0 Å². The SMILES string of the molecule is C[C@H]1CN(c2ccc(NC(=O)c3ccco3)cc2C(=O)[O-])C[C@H](C)O1. The van der Waals surface area contributed by atoms with Gasteiger partial charge in [0.05, 0.1) is 24.4 Å². The highest BCUT2D eigenvalue weighted by Crippen LogP contribution is 2.27. The quantitative estimate of drug-likeness (QED) is 0.904. The van der Waals surface area contributed by atoms with E-state index in [1.807, 2.05) is 18.7 Å². The molecule has 2 heterocycles. The number of morpholine rings is 1. The van der Waals surface area contributed by atoms with Gasteiger partial charge in [0, 0.05) is 30.0 Å². The van der Waals surface area contributed by atoms with Crippen molar-refractivity contribution in [2.75, 3.05) is 23.3 Å². The molecule has 1 amide bonds. The lowest BCUT2D eigenvalue weighted by atomic mass is 10.1. The molecule has 0 unspecified atom stereocenters. The number of carbonyl (C=O) groups is 2. The van der Waals surface area contributed by atoms with Gasteiger partial charge >= 0.3 is 0 Å². The van der Waals surface area contributed by atoms with Crippen LogP contribution in [0.15, 0.2) is 41.0 Å². The summed E-state index contributed by atoms with van der Waals surface area (Å²) < 4.78 is 10.7. The van der Waals surface area contributed by atoms with E-state index < -0.39 is 11.9 Å². The predicted octanol–water partition coefficient (Wildman–Crippen LogP) is 1.51. The lowest BCUT2D eigenvalue weighted by molar-refractivity contribution is -0.254. The second-order valence-corrected chi connectivity index (χ2v) is 6.11. The van der Waals surface area contributed by atoms with Gasteiger partial charge in [-0.1, -0.05) is 0 Å². The molecular weight excluding hydrogens is 324 g/mol. The maximum Gasteiger partial charge on any atom is 0.291 e. The fourth-order valence-electron chi connectivity index (χ4n) is 3.03. The molecule has 1 aliphatic rings. The normalized spacial score (nSPS) is 20.3. The van der Waals surface area contributed by atoms with Gasteiger partial charge in [-0.25, -0.2) is 0 Å². The zero-order valence-electron chi connectivity index (χ0n) is 14.0. The van der Waals surface area contributed by atoms with Crippen LogP contribution in [0.25, 0.3) is 0 Å². The second-order valence-electron chi connectivity index (χ2n) is 6.11. The summed E-state index contributed by atoms with van der Waals surface area (Å²) in [5.41, 5.74) is 0.940. The second kappa shape index (κ2) is 6.98. The number of nitrogens with zero attached hydrogens (tertiary/aromatic N) is 1. The fourth-order valence-corrected chi connectivity index (χ4v) is 3.03. The van der Waals surface area contributed by atoms with Crippen molar-refractivity contribution in [2.45, 2.75) is 26.1 Å². The summed E-state index contributed by atoms with van der Waals surface area (Å²) >= 11 is 0. The Labute approximate surface area is 145 Å². The van der Waals surface area contributed by atoms with Crippen LogP contribution in [0, 0.1) is 0 Å². The monoisotopic (exact) mass is 343 g/mol. The molecule has 1 fully saturated rings. The van der Waals surface area contributed by atoms with Gasteiger partial charge in [-0.2, -0.15) is 0 Å². The summed E-state index contributed by atoms with van der Waals surface area (Å²) in [6, 6.07) is 7.86. The van der Waals surface area contributed by atoms with Crippen LogP contribution in [0.1, 0.15) is 34.8 Å². The smallest absolute Gasteiger partial charge is 0.291 e. The van der Waals surface area contributed by atoms with E-state index in [0.29, 0.717) is 24.5 Å². The average molecular weight is 343 g/mol. The van der Waals surface area contributed by atoms with E-state index >= 15 is 0 Å². The van der Waals surface area contributed by atoms with Crippen molar-refractivity contribution >= 4 is 23.3 Å². The van der Waals surface area contributed by atoms with Crippen LogP contribution < -0.4 is 15.3 Å². The average Bonchev–Trinajstić information content (AvgIpc) is 3.08. The van der Waals surface area contributed by atoms with Crippen molar-refractivity contribution in [1.82, 2.24) is 0 Å². The Hall–Kier alpha value is -2.80. The summed E-state index contributed by atoms with van der Waals surface area (Å²) in [4.78, 5) is 25.6. The molecule has 3 rings (SSSR count). The Kier molecular flexibility index (Phi) is 4.76. The lowest BCUT2D eigenvalue weighted by Gasteiger charge is -2.38. The lowest BCUT2D eigenvalue weighted by Crippen LogP contribution is -2.46. The first-order valence-corrected chi connectivity index (χ1v) is 8.04. The highest BCUT2D eigenvalue weighted by Gasteiger charge is 2.24. The van der Waals surface area contributed by atoms with E-state index in [9.17, 15) is 14.7 Å². The van der Waals surface area contributed by atoms with E-state index in [-0.39, 0.29) is 23.5 Å². The van der Waals surface area contributed by atoms with Crippen molar-refractivity contribution in [3.05, 3.63) is 47.9 Å². The van der Waals surface area contributed by atoms with Crippen molar-refractivity contribution in [3.8, 4) is 0 Å². The molecule has 7 heteroatoms. The minimum atomic E-state index is -1.30. The van der Waals surface area contributed by atoms with Gasteiger partial charge in [0.25, 0.3) is 5.91 Å². The van der Waals surface area contributed by atoms with Gasteiger partial charge in [0.1, 0.15) is 0 Å². The Morgan fingerprint density at radius 3 is 2.52 bits per heavy atom. The third-order valence-electron chi connectivity index (χ3n) is 3.98. The molecule has 1 aromatic heterocycles. The molecule has 0 bridgehead atoms. The first kappa shape index (κ1) is 17.0. The number of hydrogen-bond acceptors (Lipinski definition) is 6. The van der Waals surface area contributed by atoms with Crippen molar-refractivity contribution < 1.29 is 23.8 Å². The molecule has 7 nitrogen and oxygen atoms in total. The largest absolute Gasteiger partial charge is 0.545 e. The number of aromatic carboxylic acids is 1. The van der Waals surface area contributed by atoms with Gasteiger partial charge < -0.3 is 29.3 Å². The fraction of sp³-hybridized carbons (Fsp3) is 0.333. The number of carbonyl (C=O) groups excluding carboxylic acids is 2. The molecule has 0 aliphatic carbocycles. The Morgan fingerprint density at radius 2 is 1.92 bits per heavy atom. The van der Waals surface area contributed by atoms with Crippen LogP contribution in [0.3, 0.4) is 0 Å². The van der Waals surface area contributed by atoms with Crippen molar-refractivity contribution in [2.24, 2.45) is 0 Å². The molecule has 2 aromatic rings. The number of nitrogens with one attached hydrogen (secondary N) is 1. The number of benzene rings is 1. The van der Waals surface area contributed by atoms with Gasteiger partial charge in [0.15, 0.2) is 5.76 Å². The number of hydrogen-bond donors (Lipinski definition) is 1. The van der Waals surface area contributed by atoms with Crippen LogP contribution in [-0.4, -0.2) is 37.2 Å². The summed E-state index contributed by atoms with van der Waals surface area (Å²) in [6.07, 6.45) is 1.39. The van der Waals surface area contributed by atoms with Crippen molar-refractivity contribution in [1.29, 1.82) is 0 Å². The molecule has 132 valence electrons. The van der Waals surface area contributed by atoms with E-state index in [1.165, 1.54) is 18.4 Å². The third-order valence-corrected chi connectivity index (χ3v) is 3.98. The first-order chi connectivity index (χ1) is 11.9. The van der Waals surface area contributed by atoms with Gasteiger partial charge in [0.2, 0.25) is 0 Å². The Morgan fingerprint density at radius 1 is 1.20 bits per heavy atom. The molecular formula is C18H19N2O5-. The molecule has 1 aromatic carbocycles. The standard InChI is InChI=1S/C18H20N2O5/c1-11-9-20(10-12(2)25-11)15-6-5-13(8-14(15)18(22)23)19-17(21)16-4-3-7-24-16/h3-8,11-12H,9-10H2,1-2H3,(H,19,21)(H,22,23)/p-1/t11-,12-/m0/s1. The van der Waals surface area contributed by atoms with Gasteiger partial charge in [-0.3, -0.25) is 4.79 Å². The predicted molar refractivity (Wildman–Crippen MR) is 89.7 cm³/mol. The van der Waals surface area contributed by atoms with E-state index in [0.717, 1.165) is 0 Å².